The highest BCUT2D eigenvalue weighted by atomic mass is 32.2. The molecule has 1 atom stereocenters. The smallest absolute Gasteiger partial charge is 0.328 e. The lowest BCUT2D eigenvalue weighted by atomic mass is 10.0. The molecule has 0 fully saturated rings. The minimum atomic E-state index is -0.768. The molecule has 0 saturated carbocycles. The number of carbonyl (C=O) groups excluding carboxylic acids is 3. The Bertz CT molecular complexity index is 747. The van der Waals surface area contributed by atoms with Crippen LogP contribution in [0.15, 0.2) is 12.1 Å². The molecule has 6 heteroatoms. The van der Waals surface area contributed by atoms with Crippen LogP contribution in [-0.4, -0.2) is 35.9 Å². The van der Waals surface area contributed by atoms with Crippen LogP contribution >= 0.6 is 11.8 Å². The van der Waals surface area contributed by atoms with E-state index in [1.807, 2.05) is 32.9 Å². The van der Waals surface area contributed by atoms with Gasteiger partial charge >= 0.3 is 5.97 Å². The molecular formula is C25H39NO4S. The maximum atomic E-state index is 13.1. The van der Waals surface area contributed by atoms with Crippen LogP contribution in [0.2, 0.25) is 0 Å². The van der Waals surface area contributed by atoms with E-state index in [4.69, 9.17) is 4.74 Å². The fourth-order valence-corrected chi connectivity index (χ4v) is 4.34. The molecule has 0 N–H and O–H groups in total. The number of hydrogen-bond donors (Lipinski definition) is 0. The van der Waals surface area contributed by atoms with Crippen LogP contribution in [0.3, 0.4) is 0 Å². The second-order valence-electron chi connectivity index (χ2n) is 8.17. The molecule has 1 rings (SSSR count). The van der Waals surface area contributed by atoms with Crippen molar-refractivity contribution in [2.45, 2.75) is 92.0 Å². The number of rotatable bonds is 13. The number of aryl methyl sites for hydroxylation is 2. The summed E-state index contributed by atoms with van der Waals surface area (Å²) < 4.78 is 4.89. The van der Waals surface area contributed by atoms with E-state index >= 15 is 0 Å². The first-order chi connectivity index (χ1) is 14.7. The largest absolute Gasteiger partial charge is 0.467 e. The third-order valence-corrected chi connectivity index (χ3v) is 6.60. The van der Waals surface area contributed by atoms with Crippen molar-refractivity contribution < 1.29 is 19.1 Å². The number of anilines is 1. The number of ether oxygens (including phenoxy) is 1. The summed E-state index contributed by atoms with van der Waals surface area (Å²) in [6, 6.07) is 3.18. The molecule has 5 nitrogen and oxygen atoms in total. The number of esters is 1. The summed E-state index contributed by atoms with van der Waals surface area (Å²) in [7, 11) is 1.32. The molecule has 0 aliphatic rings. The summed E-state index contributed by atoms with van der Waals surface area (Å²) >= 11 is 1.05. The van der Waals surface area contributed by atoms with Gasteiger partial charge in [0.05, 0.1) is 18.6 Å². The van der Waals surface area contributed by atoms with Gasteiger partial charge in [-0.05, 0) is 50.8 Å². The lowest BCUT2D eigenvalue weighted by Crippen LogP contribution is -2.46. The van der Waals surface area contributed by atoms with Crippen LogP contribution in [0.5, 0.6) is 0 Å². The van der Waals surface area contributed by atoms with E-state index in [1.54, 1.807) is 6.92 Å². The Labute approximate surface area is 192 Å². The van der Waals surface area contributed by atoms with Gasteiger partial charge in [-0.1, -0.05) is 69.3 Å². The molecule has 0 aliphatic heterocycles. The van der Waals surface area contributed by atoms with Gasteiger partial charge in [-0.15, -0.1) is 0 Å². The SMILES string of the molecule is CCCCCCCCCC(=O)SCC(=O)N(c1c(C)ccc(C)c1C)C(C)C(=O)OC. The van der Waals surface area contributed by atoms with Crippen LogP contribution in [0.25, 0.3) is 0 Å². The van der Waals surface area contributed by atoms with E-state index < -0.39 is 12.0 Å². The maximum absolute atomic E-state index is 13.1. The molecule has 1 aromatic carbocycles. The van der Waals surface area contributed by atoms with Crippen molar-refractivity contribution in [2.24, 2.45) is 0 Å². The van der Waals surface area contributed by atoms with Gasteiger partial charge < -0.3 is 4.74 Å². The minimum absolute atomic E-state index is 0.0174. The van der Waals surface area contributed by atoms with Crippen molar-refractivity contribution in [3.63, 3.8) is 0 Å². The summed E-state index contributed by atoms with van der Waals surface area (Å²) in [6.07, 6.45) is 8.56. The van der Waals surface area contributed by atoms with Crippen LogP contribution in [-0.2, 0) is 19.1 Å². The van der Waals surface area contributed by atoms with Gasteiger partial charge in [0, 0.05) is 6.42 Å². The molecule has 0 saturated heterocycles. The van der Waals surface area contributed by atoms with Crippen molar-refractivity contribution in [3.8, 4) is 0 Å². The van der Waals surface area contributed by atoms with Gasteiger partial charge in [0.25, 0.3) is 0 Å². The highest BCUT2D eigenvalue weighted by Crippen LogP contribution is 2.30. The normalized spacial score (nSPS) is 11.8. The Balaban J connectivity index is 2.75. The first-order valence-electron chi connectivity index (χ1n) is 11.4. The second kappa shape index (κ2) is 14.3. The number of unbranched alkanes of at least 4 members (excludes halogenated alkanes) is 6. The fourth-order valence-electron chi connectivity index (χ4n) is 3.63. The zero-order valence-electron chi connectivity index (χ0n) is 20.1. The summed E-state index contributed by atoms with van der Waals surface area (Å²) in [6.45, 7) is 9.71. The number of thioether (sulfide) groups is 1. The van der Waals surface area contributed by atoms with E-state index in [9.17, 15) is 14.4 Å². The van der Waals surface area contributed by atoms with Crippen LogP contribution in [0.4, 0.5) is 5.69 Å². The van der Waals surface area contributed by atoms with Gasteiger partial charge in [0.2, 0.25) is 5.91 Å². The standard InChI is InChI=1S/C25H39NO4S/c1-7-8-9-10-11-12-13-14-23(28)31-17-22(27)26(21(5)25(29)30-6)24-19(3)16-15-18(2)20(24)4/h15-16,21H,7-14,17H2,1-6H3. The molecule has 0 heterocycles. The number of methoxy groups -OCH3 is 1. The highest BCUT2D eigenvalue weighted by Gasteiger charge is 2.30. The first kappa shape index (κ1) is 27.2. The van der Waals surface area contributed by atoms with E-state index in [2.05, 4.69) is 6.92 Å². The third kappa shape index (κ3) is 8.68. The molecule has 0 bridgehead atoms. The van der Waals surface area contributed by atoms with Crippen molar-refractivity contribution >= 4 is 34.4 Å². The van der Waals surface area contributed by atoms with Gasteiger partial charge in [-0.25, -0.2) is 4.79 Å². The molecule has 0 aliphatic carbocycles. The Morgan fingerprint density at radius 2 is 1.55 bits per heavy atom. The monoisotopic (exact) mass is 449 g/mol. The van der Waals surface area contributed by atoms with E-state index in [1.165, 1.54) is 37.7 Å². The molecule has 0 spiro atoms. The highest BCUT2D eigenvalue weighted by molar-refractivity contribution is 8.14. The third-order valence-electron chi connectivity index (χ3n) is 5.68. The predicted octanol–water partition coefficient (Wildman–Crippen LogP) is 5.91. The van der Waals surface area contributed by atoms with Gasteiger partial charge in [0.15, 0.2) is 5.12 Å². The summed E-state index contributed by atoms with van der Waals surface area (Å²) in [4.78, 5) is 39.2. The van der Waals surface area contributed by atoms with Crippen LogP contribution in [0, 0.1) is 20.8 Å². The summed E-state index contributed by atoms with van der Waals surface area (Å²) in [5.41, 5.74) is 3.62. The lowest BCUT2D eigenvalue weighted by Gasteiger charge is -2.31. The lowest BCUT2D eigenvalue weighted by molar-refractivity contribution is -0.142. The quantitative estimate of drug-likeness (QED) is 0.277. The van der Waals surface area contributed by atoms with Crippen molar-refractivity contribution in [1.82, 2.24) is 0 Å². The Kier molecular flexibility index (Phi) is 12.5. The number of nitrogens with zero attached hydrogens (tertiary/aromatic N) is 1. The fraction of sp³-hybridized carbons (Fsp3) is 0.640. The molecule has 1 aromatic rings. The van der Waals surface area contributed by atoms with Gasteiger partial charge in [-0.2, -0.15) is 0 Å². The molecule has 0 aromatic heterocycles. The van der Waals surface area contributed by atoms with Gasteiger partial charge in [0.1, 0.15) is 6.04 Å². The minimum Gasteiger partial charge on any atom is -0.467 e. The second-order valence-corrected chi connectivity index (χ2v) is 9.20. The molecule has 0 radical (unpaired) electrons. The van der Waals surface area contributed by atoms with E-state index in [0.717, 1.165) is 53.4 Å². The first-order valence-corrected chi connectivity index (χ1v) is 12.3. The molecule has 1 amide bonds. The maximum Gasteiger partial charge on any atom is 0.328 e. The van der Waals surface area contributed by atoms with Crippen LogP contribution in [0.1, 0.15) is 81.9 Å². The number of benzene rings is 1. The summed E-state index contributed by atoms with van der Waals surface area (Å²) in [5.74, 6) is -0.718. The average Bonchev–Trinajstić information content (AvgIpc) is 2.76. The summed E-state index contributed by atoms with van der Waals surface area (Å²) in [5, 5.41) is 0.0327. The number of carbonyl (C=O) groups is 3. The molecule has 31 heavy (non-hydrogen) atoms. The molecular weight excluding hydrogens is 410 g/mol. The Hall–Kier alpha value is -1.82. The van der Waals surface area contributed by atoms with Crippen LogP contribution < -0.4 is 4.90 Å². The van der Waals surface area contributed by atoms with E-state index in [-0.39, 0.29) is 16.8 Å². The van der Waals surface area contributed by atoms with Crippen molar-refractivity contribution in [1.29, 1.82) is 0 Å². The predicted molar refractivity (Wildman–Crippen MR) is 130 cm³/mol. The average molecular weight is 450 g/mol. The Morgan fingerprint density at radius 1 is 0.968 bits per heavy atom. The number of amides is 1. The molecule has 174 valence electrons. The number of hydrogen-bond acceptors (Lipinski definition) is 5. The van der Waals surface area contributed by atoms with Crippen molar-refractivity contribution in [2.75, 3.05) is 17.8 Å². The zero-order chi connectivity index (χ0) is 23.4. The molecule has 1 unspecified atom stereocenters. The Morgan fingerprint density at radius 3 is 2.16 bits per heavy atom. The zero-order valence-corrected chi connectivity index (χ0v) is 20.9. The van der Waals surface area contributed by atoms with E-state index in [0.29, 0.717) is 6.42 Å². The van der Waals surface area contributed by atoms with Gasteiger partial charge in [-0.3, -0.25) is 14.5 Å². The topological polar surface area (TPSA) is 63.7 Å². The van der Waals surface area contributed by atoms with Crippen molar-refractivity contribution in [3.05, 3.63) is 28.8 Å².